The Hall–Kier alpha value is -0.860. The first-order chi connectivity index (χ1) is 13.7. The summed E-state index contributed by atoms with van der Waals surface area (Å²) in [5, 5.41) is 0. The molecule has 0 amide bonds. The summed E-state index contributed by atoms with van der Waals surface area (Å²) in [6.07, 6.45) is 3.40. The molecular formula is C28H52O2. The van der Waals surface area contributed by atoms with E-state index in [0.717, 1.165) is 32.5 Å². The van der Waals surface area contributed by atoms with E-state index in [2.05, 4.69) is 99.6 Å². The number of ether oxygens (including phenoxy) is 2. The first-order valence-electron chi connectivity index (χ1n) is 12.0. The maximum absolute atomic E-state index is 6.62. The molecule has 0 radical (unpaired) electrons. The van der Waals surface area contributed by atoms with Crippen LogP contribution in [0.5, 0.6) is 0 Å². The summed E-state index contributed by atoms with van der Waals surface area (Å²) in [6, 6.07) is 10.8. The fourth-order valence-electron chi connectivity index (χ4n) is 3.37. The molecule has 0 saturated heterocycles. The van der Waals surface area contributed by atoms with Crippen molar-refractivity contribution < 1.29 is 9.47 Å². The maximum atomic E-state index is 6.62. The lowest BCUT2D eigenvalue weighted by molar-refractivity contribution is -0.113. The van der Waals surface area contributed by atoms with Gasteiger partial charge in [0.15, 0.2) is 0 Å². The third-order valence-corrected chi connectivity index (χ3v) is 6.22. The van der Waals surface area contributed by atoms with E-state index in [1.165, 1.54) is 5.56 Å². The van der Waals surface area contributed by atoms with Crippen LogP contribution in [-0.4, -0.2) is 24.4 Å². The van der Waals surface area contributed by atoms with Crippen LogP contribution in [0.2, 0.25) is 0 Å². The fraction of sp³-hybridized carbons (Fsp3) is 0.786. The highest BCUT2D eigenvalue weighted by Gasteiger charge is 2.39. The summed E-state index contributed by atoms with van der Waals surface area (Å²) >= 11 is 0. The Balaban J connectivity index is 0.00000407. The molecule has 0 N–H and O–H groups in total. The molecule has 0 heterocycles. The van der Waals surface area contributed by atoms with Gasteiger partial charge >= 0.3 is 0 Å². The largest absolute Gasteiger partial charge is 0.376 e. The molecule has 0 fully saturated rings. The van der Waals surface area contributed by atoms with Gasteiger partial charge in [0.2, 0.25) is 0 Å². The molecule has 1 unspecified atom stereocenters. The van der Waals surface area contributed by atoms with Gasteiger partial charge in [0.05, 0.1) is 17.8 Å². The van der Waals surface area contributed by atoms with E-state index in [1.54, 1.807) is 0 Å². The minimum absolute atomic E-state index is 0.0443. The lowest BCUT2D eigenvalue weighted by Gasteiger charge is -2.44. The van der Waals surface area contributed by atoms with Gasteiger partial charge in [0.1, 0.15) is 0 Å². The fourth-order valence-corrected chi connectivity index (χ4v) is 3.37. The lowest BCUT2D eigenvalue weighted by atomic mass is 9.72. The van der Waals surface area contributed by atoms with Crippen molar-refractivity contribution in [2.24, 2.45) is 10.8 Å². The highest BCUT2D eigenvalue weighted by molar-refractivity contribution is 5.21. The van der Waals surface area contributed by atoms with Gasteiger partial charge in [0, 0.05) is 12.5 Å². The summed E-state index contributed by atoms with van der Waals surface area (Å²) in [6.45, 7) is 28.0. The number of unbranched alkanes of at least 4 members (excludes halogenated alkanes) is 1. The van der Waals surface area contributed by atoms with Gasteiger partial charge in [-0.05, 0) is 63.9 Å². The van der Waals surface area contributed by atoms with Crippen LogP contribution >= 0.6 is 0 Å². The van der Waals surface area contributed by atoms with E-state index >= 15 is 0 Å². The van der Waals surface area contributed by atoms with Crippen LogP contribution in [0.15, 0.2) is 30.3 Å². The highest BCUT2D eigenvalue weighted by Crippen LogP contribution is 2.41. The number of benzene rings is 1. The van der Waals surface area contributed by atoms with Gasteiger partial charge in [-0.15, -0.1) is 0 Å². The van der Waals surface area contributed by atoms with Crippen LogP contribution in [0.1, 0.15) is 114 Å². The monoisotopic (exact) mass is 420 g/mol. The Bertz CT molecular complexity index is 559. The Morgan fingerprint density at radius 1 is 0.733 bits per heavy atom. The SMILES string of the molecule is CC.CC(C)(C)OCCCCC(C)(C)C(C)(C)OCC(c1ccccc1)C(C)(C)C. The van der Waals surface area contributed by atoms with Crippen LogP contribution in [0.3, 0.4) is 0 Å². The van der Waals surface area contributed by atoms with Crippen molar-refractivity contribution in [2.75, 3.05) is 13.2 Å². The molecule has 0 aromatic heterocycles. The first-order valence-corrected chi connectivity index (χ1v) is 12.0. The van der Waals surface area contributed by atoms with Crippen molar-refractivity contribution in [1.29, 1.82) is 0 Å². The molecule has 0 aliphatic carbocycles. The maximum Gasteiger partial charge on any atom is 0.0677 e. The standard InChI is InChI=1S/C26H46O2.C2H6/c1-23(2,3)22(21-16-12-11-13-17-21)20-28-26(9,10)25(7,8)18-14-15-19-27-24(4,5)6;1-2/h11-13,16-17,22H,14-15,18-20H2,1-10H3;1-2H3. The zero-order valence-corrected chi connectivity index (χ0v) is 22.3. The molecule has 30 heavy (non-hydrogen) atoms. The molecule has 1 rings (SSSR count). The van der Waals surface area contributed by atoms with E-state index in [4.69, 9.17) is 9.47 Å². The summed E-state index contributed by atoms with van der Waals surface area (Å²) in [5.41, 5.74) is 1.40. The molecule has 2 nitrogen and oxygen atoms in total. The molecule has 1 aromatic rings. The topological polar surface area (TPSA) is 18.5 Å². The molecule has 2 heteroatoms. The summed E-state index contributed by atoms with van der Waals surface area (Å²) in [5.74, 6) is 0.379. The average molecular weight is 421 g/mol. The predicted molar refractivity (Wildman–Crippen MR) is 133 cm³/mol. The van der Waals surface area contributed by atoms with Gasteiger partial charge in [0.25, 0.3) is 0 Å². The molecule has 176 valence electrons. The number of hydrogen-bond donors (Lipinski definition) is 0. The van der Waals surface area contributed by atoms with Crippen molar-refractivity contribution in [3.8, 4) is 0 Å². The average Bonchev–Trinajstić information content (AvgIpc) is 2.61. The second kappa shape index (κ2) is 12.2. The minimum Gasteiger partial charge on any atom is -0.376 e. The Morgan fingerprint density at radius 2 is 1.27 bits per heavy atom. The first kappa shape index (κ1) is 29.1. The van der Waals surface area contributed by atoms with Gasteiger partial charge in [-0.1, -0.05) is 85.2 Å². The molecule has 0 aliphatic heterocycles. The van der Waals surface area contributed by atoms with Crippen molar-refractivity contribution in [1.82, 2.24) is 0 Å². The van der Waals surface area contributed by atoms with E-state index < -0.39 is 0 Å². The molecule has 0 saturated carbocycles. The zero-order chi connectivity index (χ0) is 23.6. The van der Waals surface area contributed by atoms with Crippen LogP contribution in [0, 0.1) is 10.8 Å². The van der Waals surface area contributed by atoms with Crippen LogP contribution < -0.4 is 0 Å². The van der Waals surface area contributed by atoms with Gasteiger partial charge in [-0.2, -0.15) is 0 Å². The second-order valence-corrected chi connectivity index (χ2v) is 11.5. The molecule has 1 atom stereocenters. The molecular weight excluding hydrogens is 368 g/mol. The van der Waals surface area contributed by atoms with E-state index in [9.17, 15) is 0 Å². The summed E-state index contributed by atoms with van der Waals surface area (Å²) < 4.78 is 12.5. The van der Waals surface area contributed by atoms with Crippen molar-refractivity contribution >= 4 is 0 Å². The van der Waals surface area contributed by atoms with E-state index in [-0.39, 0.29) is 22.0 Å². The lowest BCUT2D eigenvalue weighted by Crippen LogP contribution is -2.43. The molecule has 0 spiro atoms. The van der Waals surface area contributed by atoms with Crippen molar-refractivity contribution in [2.45, 2.75) is 119 Å². The van der Waals surface area contributed by atoms with E-state index in [0.29, 0.717) is 5.92 Å². The van der Waals surface area contributed by atoms with Gasteiger partial charge < -0.3 is 9.47 Å². The summed E-state index contributed by atoms with van der Waals surface area (Å²) in [7, 11) is 0. The zero-order valence-electron chi connectivity index (χ0n) is 22.3. The second-order valence-electron chi connectivity index (χ2n) is 11.5. The van der Waals surface area contributed by atoms with Crippen LogP contribution in [0.25, 0.3) is 0 Å². The van der Waals surface area contributed by atoms with Crippen molar-refractivity contribution in [3.05, 3.63) is 35.9 Å². The normalized spacial score (nSPS) is 14.1. The van der Waals surface area contributed by atoms with Crippen LogP contribution in [-0.2, 0) is 9.47 Å². The molecule has 0 aliphatic rings. The number of hydrogen-bond acceptors (Lipinski definition) is 2. The Kier molecular flexibility index (Phi) is 11.9. The minimum atomic E-state index is -0.184. The smallest absolute Gasteiger partial charge is 0.0677 e. The van der Waals surface area contributed by atoms with Crippen molar-refractivity contribution in [3.63, 3.8) is 0 Å². The molecule has 1 aromatic carbocycles. The van der Waals surface area contributed by atoms with Gasteiger partial charge in [-0.25, -0.2) is 0 Å². The quantitative estimate of drug-likeness (QED) is 0.352. The third kappa shape index (κ3) is 10.4. The molecule has 0 bridgehead atoms. The number of rotatable bonds is 10. The van der Waals surface area contributed by atoms with Gasteiger partial charge in [-0.3, -0.25) is 0 Å². The Labute approximate surface area is 189 Å². The van der Waals surface area contributed by atoms with Crippen LogP contribution in [0.4, 0.5) is 0 Å². The Morgan fingerprint density at radius 3 is 1.73 bits per heavy atom. The predicted octanol–water partition coefficient (Wildman–Crippen LogP) is 8.65. The highest BCUT2D eigenvalue weighted by atomic mass is 16.5. The summed E-state index contributed by atoms with van der Waals surface area (Å²) in [4.78, 5) is 0. The van der Waals surface area contributed by atoms with E-state index in [1.807, 2.05) is 13.8 Å². The third-order valence-electron chi connectivity index (χ3n) is 6.22.